The van der Waals surface area contributed by atoms with E-state index in [1.165, 1.54) is 5.56 Å². The molecule has 1 unspecified atom stereocenters. The van der Waals surface area contributed by atoms with Crippen LogP contribution in [0.1, 0.15) is 47.0 Å². The van der Waals surface area contributed by atoms with Crippen LogP contribution in [-0.4, -0.2) is 18.7 Å². The van der Waals surface area contributed by atoms with E-state index in [1.54, 1.807) is 17.5 Å². The number of hydrogen-bond donors (Lipinski definition) is 0. The number of nitrogens with zero attached hydrogens (tertiary/aromatic N) is 2. The third kappa shape index (κ3) is 5.36. The summed E-state index contributed by atoms with van der Waals surface area (Å²) >= 11 is -0.531. The Morgan fingerprint density at radius 3 is 2.56 bits per heavy atom. The van der Waals surface area contributed by atoms with Crippen molar-refractivity contribution < 1.29 is 8.76 Å². The molecule has 2 heterocycles. The fourth-order valence-corrected chi connectivity index (χ4v) is 5.41. The van der Waals surface area contributed by atoms with Gasteiger partial charge >= 0.3 is 0 Å². The van der Waals surface area contributed by atoms with Gasteiger partial charge in [-0.3, -0.25) is 9.19 Å². The lowest BCUT2D eigenvalue weighted by Gasteiger charge is -2.13. The highest BCUT2D eigenvalue weighted by molar-refractivity contribution is 7.78. The van der Waals surface area contributed by atoms with Crippen LogP contribution in [0.3, 0.4) is 0 Å². The van der Waals surface area contributed by atoms with Crippen LogP contribution >= 0.6 is 11.3 Å². The van der Waals surface area contributed by atoms with Crippen molar-refractivity contribution in [2.75, 3.05) is 0 Å². The molecule has 0 aliphatic carbocycles. The number of rotatable bonds is 7. The maximum atomic E-state index is 11.1. The third-order valence-electron chi connectivity index (χ3n) is 6.11. The van der Waals surface area contributed by atoms with Crippen molar-refractivity contribution in [2.24, 2.45) is 0 Å². The summed E-state index contributed by atoms with van der Waals surface area (Å²) in [5, 5.41) is 4.01. The van der Waals surface area contributed by atoms with Gasteiger partial charge in [0.05, 0.1) is 5.52 Å². The summed E-state index contributed by atoms with van der Waals surface area (Å²) in [5.41, 5.74) is 8.32. The number of hydrogen-bond acceptors (Lipinski definition) is 5. The van der Waals surface area contributed by atoms with Gasteiger partial charge in [0, 0.05) is 40.0 Å². The van der Waals surface area contributed by atoms with Gasteiger partial charge in [-0.1, -0.05) is 73.5 Å². The lowest BCUT2D eigenvalue weighted by Crippen LogP contribution is -1.94. The molecule has 0 radical (unpaired) electrons. The van der Waals surface area contributed by atoms with Crippen LogP contribution in [0, 0.1) is 0 Å². The second-order valence-corrected chi connectivity index (χ2v) is 10.8. The summed E-state index contributed by atoms with van der Waals surface area (Å²) in [7, 11) is 0. The Morgan fingerprint density at radius 1 is 1.00 bits per heavy atom. The van der Waals surface area contributed by atoms with Gasteiger partial charge in [0.2, 0.25) is 0 Å². The molecule has 4 nitrogen and oxygen atoms in total. The molecule has 6 heteroatoms. The highest BCUT2D eigenvalue weighted by Crippen LogP contribution is 2.33. The minimum atomic E-state index is -2.11. The van der Waals surface area contributed by atoms with Gasteiger partial charge in [0.25, 0.3) is 0 Å². The molecular weight excluding hydrogens is 484 g/mol. The monoisotopic (exact) mass is 509 g/mol. The quantitative estimate of drug-likeness (QED) is 0.169. The Hall–Kier alpha value is -3.45. The maximum Gasteiger partial charge on any atom is 0.123 e. The summed E-state index contributed by atoms with van der Waals surface area (Å²) in [5.74, 6) is 0.422. The Labute approximate surface area is 217 Å². The fraction of sp³-hybridized carbons (Fsp3) is 0.133. The molecule has 180 valence electrons. The van der Waals surface area contributed by atoms with Crippen LogP contribution in [0.25, 0.3) is 33.7 Å². The predicted octanol–water partition coefficient (Wildman–Crippen LogP) is 7.45. The molecular formula is C30H25N2O2S2-. The first-order valence-corrected chi connectivity index (χ1v) is 13.9. The van der Waals surface area contributed by atoms with Crippen LogP contribution in [0.4, 0.5) is 0 Å². The fourth-order valence-electron chi connectivity index (χ4n) is 4.27. The molecule has 36 heavy (non-hydrogen) atoms. The molecule has 0 aliphatic heterocycles. The van der Waals surface area contributed by atoms with Crippen molar-refractivity contribution >= 4 is 45.0 Å². The summed E-state index contributed by atoms with van der Waals surface area (Å²) in [6.07, 6.45) is 5.79. The number of thiazole rings is 1. The first-order valence-electron chi connectivity index (χ1n) is 11.7. The normalized spacial score (nSPS) is 12.8. The summed E-state index contributed by atoms with van der Waals surface area (Å²) in [6, 6.07) is 24.7. The van der Waals surface area contributed by atoms with E-state index in [2.05, 4.69) is 67.4 Å². The smallest absolute Gasteiger partial charge is 0.123 e. The van der Waals surface area contributed by atoms with Gasteiger partial charge in [0.15, 0.2) is 0 Å². The molecule has 0 aliphatic rings. The Bertz CT molecular complexity index is 1560. The van der Waals surface area contributed by atoms with E-state index >= 15 is 0 Å². The lowest BCUT2D eigenvalue weighted by atomic mass is 9.93. The van der Waals surface area contributed by atoms with Crippen molar-refractivity contribution in [2.45, 2.75) is 25.5 Å². The van der Waals surface area contributed by atoms with Crippen LogP contribution in [0.2, 0.25) is 0 Å². The standard InChI is InChI=1S/C30H26N2O2S2/c1-20(2)26-17-25-7-4-12-31-29(25)27(18-26)24-6-3-5-22(15-24)16-28(30-32-13-14-35-30)23-10-8-21(9-11-23)19-36(33)34/h3-18,20H,19H2,1-2H3,(H,33,34)/p-1/b28-16+. The largest absolute Gasteiger partial charge is 0.772 e. The van der Waals surface area contributed by atoms with E-state index < -0.39 is 11.1 Å². The van der Waals surface area contributed by atoms with Crippen molar-refractivity contribution in [3.8, 4) is 11.1 Å². The van der Waals surface area contributed by atoms with Gasteiger partial charge in [-0.25, -0.2) is 4.98 Å². The molecule has 0 bridgehead atoms. The number of pyridine rings is 1. The maximum absolute atomic E-state index is 11.1. The minimum Gasteiger partial charge on any atom is -0.772 e. The molecule has 0 saturated heterocycles. The van der Waals surface area contributed by atoms with Crippen molar-refractivity contribution in [1.29, 1.82) is 0 Å². The van der Waals surface area contributed by atoms with Crippen LogP contribution in [-0.2, 0) is 16.8 Å². The van der Waals surface area contributed by atoms with Gasteiger partial charge in [-0.2, -0.15) is 0 Å². The van der Waals surface area contributed by atoms with Gasteiger partial charge < -0.3 is 4.55 Å². The molecule has 3 aromatic carbocycles. The second-order valence-electron chi connectivity index (χ2n) is 8.96. The topological polar surface area (TPSA) is 65.9 Å². The zero-order chi connectivity index (χ0) is 25.1. The second kappa shape index (κ2) is 10.7. The zero-order valence-electron chi connectivity index (χ0n) is 20.0. The number of aromatic nitrogens is 2. The first-order chi connectivity index (χ1) is 17.5. The van der Waals surface area contributed by atoms with Crippen LogP contribution in [0.5, 0.6) is 0 Å². The third-order valence-corrected chi connectivity index (χ3v) is 7.49. The highest BCUT2D eigenvalue weighted by Gasteiger charge is 2.12. The van der Waals surface area contributed by atoms with Crippen molar-refractivity contribution in [1.82, 2.24) is 9.97 Å². The zero-order valence-corrected chi connectivity index (χ0v) is 21.7. The molecule has 0 spiro atoms. The molecule has 5 rings (SSSR count). The molecule has 0 saturated carbocycles. The Kier molecular flexibility index (Phi) is 7.18. The summed E-state index contributed by atoms with van der Waals surface area (Å²) < 4.78 is 22.2. The Balaban J connectivity index is 1.60. The first kappa shape index (κ1) is 24.3. The summed E-state index contributed by atoms with van der Waals surface area (Å²) in [4.78, 5) is 9.25. The van der Waals surface area contributed by atoms with E-state index in [1.807, 2.05) is 41.9 Å². The van der Waals surface area contributed by atoms with Crippen molar-refractivity contribution in [3.05, 3.63) is 118 Å². The molecule has 0 fully saturated rings. The molecule has 0 N–H and O–H groups in total. The summed E-state index contributed by atoms with van der Waals surface area (Å²) in [6.45, 7) is 4.42. The van der Waals surface area contributed by atoms with Gasteiger partial charge in [-0.05, 0) is 64.1 Å². The SMILES string of the molecule is CC(C)c1cc(-c2cccc(/C=C(\c3ccc(CS(=O)[O-])cc3)c3nccs3)c2)c2ncccc2c1. The van der Waals surface area contributed by atoms with E-state index in [0.29, 0.717) is 5.92 Å². The molecule has 1 atom stereocenters. The van der Waals surface area contributed by atoms with Gasteiger partial charge in [-0.15, -0.1) is 11.3 Å². The number of benzene rings is 3. The van der Waals surface area contributed by atoms with E-state index in [4.69, 9.17) is 4.98 Å². The molecule has 0 amide bonds. The molecule has 2 aromatic heterocycles. The van der Waals surface area contributed by atoms with Crippen molar-refractivity contribution in [3.63, 3.8) is 0 Å². The van der Waals surface area contributed by atoms with E-state index in [-0.39, 0.29) is 5.75 Å². The van der Waals surface area contributed by atoms with Crippen LogP contribution < -0.4 is 0 Å². The van der Waals surface area contributed by atoms with Crippen LogP contribution in [0.15, 0.2) is 90.6 Å². The predicted molar refractivity (Wildman–Crippen MR) is 149 cm³/mol. The molecule has 5 aromatic rings. The van der Waals surface area contributed by atoms with E-state index in [0.717, 1.165) is 49.3 Å². The lowest BCUT2D eigenvalue weighted by molar-refractivity contribution is 0.536. The van der Waals surface area contributed by atoms with E-state index in [9.17, 15) is 8.76 Å². The number of fused-ring (bicyclic) bond motifs is 1. The minimum absolute atomic E-state index is 0.00998. The Morgan fingerprint density at radius 2 is 1.83 bits per heavy atom. The average molecular weight is 510 g/mol. The van der Waals surface area contributed by atoms with Gasteiger partial charge in [0.1, 0.15) is 5.01 Å². The average Bonchev–Trinajstić information content (AvgIpc) is 3.42. The highest BCUT2D eigenvalue weighted by atomic mass is 32.2.